The van der Waals surface area contributed by atoms with Crippen molar-refractivity contribution in [2.24, 2.45) is 0 Å². The van der Waals surface area contributed by atoms with Gasteiger partial charge in [0.05, 0.1) is 26.0 Å². The average Bonchev–Trinajstić information content (AvgIpc) is 3.40. The summed E-state index contributed by atoms with van der Waals surface area (Å²) in [5, 5.41) is 12.4. The molecule has 0 N–H and O–H groups in total. The fraction of sp³-hybridized carbons (Fsp3) is 0.273. The second-order valence-electron chi connectivity index (χ2n) is 7.50. The summed E-state index contributed by atoms with van der Waals surface area (Å²) in [6, 6.07) is 10.8. The molecule has 8 nitrogen and oxygen atoms in total. The molecule has 0 radical (unpaired) electrons. The van der Waals surface area contributed by atoms with Crippen LogP contribution < -0.4 is 4.74 Å². The van der Waals surface area contributed by atoms with E-state index in [0.29, 0.717) is 24.4 Å². The molecular weight excluding hydrogens is 401 g/mol. The number of benzene rings is 2. The van der Waals surface area contributed by atoms with Gasteiger partial charge < -0.3 is 14.0 Å². The molecule has 1 aliphatic rings. The first-order valence-corrected chi connectivity index (χ1v) is 9.82. The smallest absolute Gasteiger partial charge is 0.280 e. The van der Waals surface area contributed by atoms with Crippen molar-refractivity contribution in [3.8, 4) is 28.7 Å². The lowest BCUT2D eigenvalue weighted by molar-refractivity contribution is -0.00153. The van der Waals surface area contributed by atoms with Gasteiger partial charge in [-0.1, -0.05) is 34.1 Å². The van der Waals surface area contributed by atoms with Gasteiger partial charge in [-0.15, -0.1) is 5.10 Å². The first-order chi connectivity index (χ1) is 15.0. The third-order valence-corrected chi connectivity index (χ3v) is 5.41. The van der Waals surface area contributed by atoms with E-state index in [2.05, 4.69) is 52.5 Å². The van der Waals surface area contributed by atoms with Crippen LogP contribution in [-0.2, 0) is 17.9 Å². The summed E-state index contributed by atoms with van der Waals surface area (Å²) in [5.74, 6) is 0.109. The Kier molecular flexibility index (Phi) is 4.74. The number of fused-ring (bicyclic) bond motifs is 1. The SMILES string of the molecule is COc1ccc(-c2noc(-c3nnn4c3CO[C@H](c3ccc(C)cc3C)C4)n2)cc1F. The maximum Gasteiger partial charge on any atom is 0.280 e. The van der Waals surface area contributed by atoms with Gasteiger partial charge in [-0.25, -0.2) is 9.07 Å². The van der Waals surface area contributed by atoms with E-state index in [1.807, 2.05) is 0 Å². The highest BCUT2D eigenvalue weighted by atomic mass is 19.1. The first-order valence-electron chi connectivity index (χ1n) is 9.82. The standard InChI is InChI=1S/C22H20FN5O3/c1-12-4-6-15(13(2)8-12)19-10-28-17(11-30-19)20(25-27-28)22-24-21(26-31-22)14-5-7-18(29-3)16(23)9-14/h4-9,19H,10-11H2,1-3H3/t19-/m0/s1. The molecule has 3 heterocycles. The Bertz CT molecular complexity index is 1270. The zero-order valence-corrected chi connectivity index (χ0v) is 17.3. The van der Waals surface area contributed by atoms with Crippen LogP contribution in [0.15, 0.2) is 40.9 Å². The maximum atomic E-state index is 14.0. The molecule has 9 heteroatoms. The van der Waals surface area contributed by atoms with E-state index in [9.17, 15) is 4.39 Å². The summed E-state index contributed by atoms with van der Waals surface area (Å²) >= 11 is 0. The van der Waals surface area contributed by atoms with Crippen molar-refractivity contribution in [1.29, 1.82) is 0 Å². The van der Waals surface area contributed by atoms with E-state index in [-0.39, 0.29) is 23.6 Å². The van der Waals surface area contributed by atoms with Crippen molar-refractivity contribution in [3.05, 3.63) is 64.6 Å². The molecule has 0 spiro atoms. The van der Waals surface area contributed by atoms with Gasteiger partial charge in [-0.2, -0.15) is 4.98 Å². The fourth-order valence-corrected chi connectivity index (χ4v) is 3.80. The third-order valence-electron chi connectivity index (χ3n) is 5.41. The molecule has 0 fully saturated rings. The zero-order chi connectivity index (χ0) is 21.5. The van der Waals surface area contributed by atoms with Crippen LogP contribution in [0.1, 0.15) is 28.5 Å². The van der Waals surface area contributed by atoms with Crippen molar-refractivity contribution in [1.82, 2.24) is 25.1 Å². The highest BCUT2D eigenvalue weighted by Crippen LogP contribution is 2.32. The number of rotatable bonds is 4. The van der Waals surface area contributed by atoms with Crippen LogP contribution >= 0.6 is 0 Å². The predicted molar refractivity (Wildman–Crippen MR) is 109 cm³/mol. The Morgan fingerprint density at radius 2 is 2.03 bits per heavy atom. The second-order valence-corrected chi connectivity index (χ2v) is 7.50. The van der Waals surface area contributed by atoms with Crippen LogP contribution in [0.2, 0.25) is 0 Å². The summed E-state index contributed by atoms with van der Waals surface area (Å²) in [6.07, 6.45) is -0.108. The van der Waals surface area contributed by atoms with Crippen LogP contribution in [-0.4, -0.2) is 32.2 Å². The fourth-order valence-electron chi connectivity index (χ4n) is 3.80. The van der Waals surface area contributed by atoms with E-state index in [4.69, 9.17) is 14.0 Å². The molecule has 0 unspecified atom stereocenters. The summed E-state index contributed by atoms with van der Waals surface area (Å²) in [5.41, 5.74) is 5.23. The number of ether oxygens (including phenoxy) is 2. The molecule has 2 aromatic carbocycles. The van der Waals surface area contributed by atoms with Crippen LogP contribution in [0.4, 0.5) is 4.39 Å². The molecule has 0 saturated carbocycles. The van der Waals surface area contributed by atoms with Gasteiger partial charge >= 0.3 is 0 Å². The van der Waals surface area contributed by atoms with Gasteiger partial charge in [0.25, 0.3) is 5.89 Å². The number of hydrogen-bond donors (Lipinski definition) is 0. The number of nitrogens with zero attached hydrogens (tertiary/aromatic N) is 5. The average molecular weight is 421 g/mol. The minimum Gasteiger partial charge on any atom is -0.494 e. The predicted octanol–water partition coefficient (Wildman–Crippen LogP) is 4.03. The number of halogens is 1. The van der Waals surface area contributed by atoms with Crippen molar-refractivity contribution in [3.63, 3.8) is 0 Å². The molecule has 1 atom stereocenters. The van der Waals surface area contributed by atoms with Gasteiger partial charge in [0.2, 0.25) is 5.82 Å². The Labute approximate surface area is 177 Å². The lowest BCUT2D eigenvalue weighted by atomic mass is 10.0. The summed E-state index contributed by atoms with van der Waals surface area (Å²) in [4.78, 5) is 4.37. The number of aryl methyl sites for hydroxylation is 2. The second kappa shape index (κ2) is 7.59. The van der Waals surface area contributed by atoms with E-state index in [1.165, 1.54) is 30.4 Å². The van der Waals surface area contributed by atoms with E-state index in [1.54, 1.807) is 10.7 Å². The highest BCUT2D eigenvalue weighted by molar-refractivity contribution is 5.60. The lowest BCUT2D eigenvalue weighted by Crippen LogP contribution is -2.22. The lowest BCUT2D eigenvalue weighted by Gasteiger charge is -2.25. The van der Waals surface area contributed by atoms with E-state index < -0.39 is 5.82 Å². The molecule has 5 rings (SSSR count). The minimum atomic E-state index is -0.502. The van der Waals surface area contributed by atoms with Crippen LogP contribution in [0.25, 0.3) is 23.0 Å². The van der Waals surface area contributed by atoms with Gasteiger partial charge in [0.15, 0.2) is 17.3 Å². The van der Waals surface area contributed by atoms with Gasteiger partial charge in [0, 0.05) is 5.56 Å². The molecule has 0 aliphatic carbocycles. The largest absolute Gasteiger partial charge is 0.494 e. The third kappa shape index (κ3) is 3.46. The molecule has 1 aliphatic heterocycles. The van der Waals surface area contributed by atoms with Gasteiger partial charge in [0.1, 0.15) is 6.10 Å². The number of methoxy groups -OCH3 is 1. The molecule has 0 saturated heterocycles. The normalized spacial score (nSPS) is 15.7. The molecule has 0 amide bonds. The molecule has 31 heavy (non-hydrogen) atoms. The number of hydrogen-bond acceptors (Lipinski definition) is 7. The Hall–Kier alpha value is -3.59. The zero-order valence-electron chi connectivity index (χ0n) is 17.3. The van der Waals surface area contributed by atoms with Gasteiger partial charge in [-0.3, -0.25) is 0 Å². The van der Waals surface area contributed by atoms with Crippen LogP contribution in [0.3, 0.4) is 0 Å². The Balaban J connectivity index is 1.41. The maximum absolute atomic E-state index is 14.0. The molecule has 158 valence electrons. The van der Waals surface area contributed by atoms with Crippen molar-refractivity contribution < 1.29 is 18.4 Å². The molecular formula is C22H20FN5O3. The van der Waals surface area contributed by atoms with Crippen molar-refractivity contribution in [2.75, 3.05) is 7.11 Å². The van der Waals surface area contributed by atoms with Crippen LogP contribution in [0, 0.1) is 19.7 Å². The van der Waals surface area contributed by atoms with E-state index >= 15 is 0 Å². The van der Waals surface area contributed by atoms with E-state index in [0.717, 1.165) is 11.3 Å². The summed E-state index contributed by atoms with van der Waals surface area (Å²) in [7, 11) is 1.41. The highest BCUT2D eigenvalue weighted by Gasteiger charge is 2.28. The van der Waals surface area contributed by atoms with Gasteiger partial charge in [-0.05, 0) is 43.2 Å². The monoisotopic (exact) mass is 421 g/mol. The summed E-state index contributed by atoms with van der Waals surface area (Å²) in [6.45, 7) is 5.00. The minimum absolute atomic E-state index is 0.108. The van der Waals surface area contributed by atoms with Crippen molar-refractivity contribution in [2.45, 2.75) is 33.1 Å². The quantitative estimate of drug-likeness (QED) is 0.491. The Morgan fingerprint density at radius 3 is 2.81 bits per heavy atom. The molecule has 0 bridgehead atoms. The number of aromatic nitrogens is 5. The van der Waals surface area contributed by atoms with Crippen molar-refractivity contribution >= 4 is 0 Å². The first kappa shape index (κ1) is 19.4. The topological polar surface area (TPSA) is 88.1 Å². The summed E-state index contributed by atoms with van der Waals surface area (Å²) < 4.78 is 32.3. The Morgan fingerprint density at radius 1 is 1.16 bits per heavy atom. The van der Waals surface area contributed by atoms with Crippen LogP contribution in [0.5, 0.6) is 5.75 Å². The molecule has 4 aromatic rings. The molecule has 2 aromatic heterocycles.